The molecule has 0 aliphatic rings. The number of aromatic hydroxyl groups is 1. The summed E-state index contributed by atoms with van der Waals surface area (Å²) in [5.74, 6) is 0.567. The first kappa shape index (κ1) is 17.3. The molecule has 0 radical (unpaired) electrons. The molecular weight excluding hydrogens is 308 g/mol. The van der Waals surface area contributed by atoms with Gasteiger partial charge >= 0.3 is 0 Å². The number of rotatable bonds is 7. The number of ether oxygens (including phenoxy) is 2. The van der Waals surface area contributed by atoms with E-state index >= 15 is 0 Å². The number of benzene rings is 2. The fraction of sp³-hybridized carbons (Fsp3) is 0.222. The highest BCUT2D eigenvalue weighted by atomic mass is 16.5. The molecule has 0 saturated heterocycles. The molecule has 0 aliphatic carbocycles. The molecule has 1 amide bonds. The number of carbonyl (C=O) groups excluding carboxylic acids is 1. The van der Waals surface area contributed by atoms with Gasteiger partial charge in [0, 0.05) is 5.56 Å². The molecule has 2 aromatic rings. The first-order valence-electron chi connectivity index (χ1n) is 7.56. The molecule has 6 nitrogen and oxygen atoms in total. The van der Waals surface area contributed by atoms with E-state index in [0.717, 1.165) is 5.56 Å². The molecule has 0 heterocycles. The maximum Gasteiger partial charge on any atom is 0.277 e. The van der Waals surface area contributed by atoms with Crippen molar-refractivity contribution in [1.29, 1.82) is 0 Å². The van der Waals surface area contributed by atoms with Crippen LogP contribution in [0.1, 0.15) is 18.1 Å². The summed E-state index contributed by atoms with van der Waals surface area (Å²) in [6.45, 7) is 4.10. The lowest BCUT2D eigenvalue weighted by Gasteiger charge is -2.07. The Hall–Kier alpha value is -3.02. The second-order valence-electron chi connectivity index (χ2n) is 5.02. The highest BCUT2D eigenvalue weighted by Gasteiger charge is 2.06. The number of para-hydroxylation sites is 1. The van der Waals surface area contributed by atoms with E-state index in [1.165, 1.54) is 6.21 Å². The van der Waals surface area contributed by atoms with Gasteiger partial charge in [-0.15, -0.1) is 0 Å². The van der Waals surface area contributed by atoms with E-state index in [-0.39, 0.29) is 12.4 Å². The van der Waals surface area contributed by atoms with Crippen molar-refractivity contribution in [3.63, 3.8) is 0 Å². The Kier molecular flexibility index (Phi) is 6.19. The molecule has 0 atom stereocenters. The lowest BCUT2D eigenvalue weighted by Crippen LogP contribution is -2.24. The number of phenolic OH excluding ortho intramolecular Hbond substituents is 1. The zero-order chi connectivity index (χ0) is 17.4. The van der Waals surface area contributed by atoms with Crippen LogP contribution < -0.4 is 14.9 Å². The normalized spacial score (nSPS) is 10.6. The second-order valence-corrected chi connectivity index (χ2v) is 5.02. The molecule has 0 unspecified atom stereocenters. The maximum absolute atomic E-state index is 11.7. The highest BCUT2D eigenvalue weighted by molar-refractivity contribution is 5.86. The van der Waals surface area contributed by atoms with E-state index in [4.69, 9.17) is 9.47 Å². The third-order valence-electron chi connectivity index (χ3n) is 3.11. The highest BCUT2D eigenvalue weighted by Crippen LogP contribution is 2.28. The minimum absolute atomic E-state index is 0.0201. The summed E-state index contributed by atoms with van der Waals surface area (Å²) in [5.41, 5.74) is 3.91. The Labute approximate surface area is 140 Å². The summed E-state index contributed by atoms with van der Waals surface area (Å²) in [4.78, 5) is 11.7. The number of hydrazone groups is 1. The van der Waals surface area contributed by atoms with Crippen LogP contribution >= 0.6 is 0 Å². The van der Waals surface area contributed by atoms with Crippen LogP contribution in [0.4, 0.5) is 0 Å². The van der Waals surface area contributed by atoms with Gasteiger partial charge < -0.3 is 14.6 Å². The van der Waals surface area contributed by atoms with Crippen molar-refractivity contribution in [2.24, 2.45) is 5.10 Å². The van der Waals surface area contributed by atoms with Crippen molar-refractivity contribution >= 4 is 12.1 Å². The fourth-order valence-corrected chi connectivity index (χ4v) is 1.90. The first-order chi connectivity index (χ1) is 11.6. The predicted molar refractivity (Wildman–Crippen MR) is 91.7 cm³/mol. The Morgan fingerprint density at radius 1 is 1.21 bits per heavy atom. The van der Waals surface area contributed by atoms with Gasteiger partial charge in [-0.3, -0.25) is 4.79 Å². The third kappa shape index (κ3) is 5.01. The van der Waals surface area contributed by atoms with E-state index in [1.807, 2.05) is 26.0 Å². The molecule has 2 N–H and O–H groups in total. The number of nitrogens with one attached hydrogen (secondary N) is 1. The Morgan fingerprint density at radius 3 is 2.67 bits per heavy atom. The quantitative estimate of drug-likeness (QED) is 0.605. The summed E-state index contributed by atoms with van der Waals surface area (Å²) < 4.78 is 10.6. The number of hydrogen-bond acceptors (Lipinski definition) is 5. The van der Waals surface area contributed by atoms with Gasteiger partial charge in [0.05, 0.1) is 12.8 Å². The van der Waals surface area contributed by atoms with Gasteiger partial charge in [0.25, 0.3) is 5.91 Å². The fourth-order valence-electron chi connectivity index (χ4n) is 1.90. The Morgan fingerprint density at radius 2 is 1.96 bits per heavy atom. The van der Waals surface area contributed by atoms with Crippen LogP contribution in [0.3, 0.4) is 0 Å². The van der Waals surface area contributed by atoms with Gasteiger partial charge in [-0.1, -0.05) is 23.8 Å². The van der Waals surface area contributed by atoms with Gasteiger partial charge in [0.15, 0.2) is 18.1 Å². The van der Waals surface area contributed by atoms with Gasteiger partial charge in [0.2, 0.25) is 0 Å². The molecular formula is C18H20N2O4. The molecule has 6 heteroatoms. The molecule has 24 heavy (non-hydrogen) atoms. The lowest BCUT2D eigenvalue weighted by atomic mass is 10.2. The van der Waals surface area contributed by atoms with Crippen molar-refractivity contribution in [1.82, 2.24) is 5.43 Å². The molecule has 2 aromatic carbocycles. The van der Waals surface area contributed by atoms with Crippen LogP contribution in [0.25, 0.3) is 0 Å². The molecule has 0 fully saturated rings. The summed E-state index contributed by atoms with van der Waals surface area (Å²) in [7, 11) is 0. The van der Waals surface area contributed by atoms with Gasteiger partial charge in [-0.25, -0.2) is 5.43 Å². The zero-order valence-corrected chi connectivity index (χ0v) is 13.7. The number of phenols is 1. The van der Waals surface area contributed by atoms with Crippen molar-refractivity contribution in [3.05, 3.63) is 53.6 Å². The minimum atomic E-state index is -0.396. The number of nitrogens with zero attached hydrogens (tertiary/aromatic N) is 1. The van der Waals surface area contributed by atoms with E-state index in [9.17, 15) is 9.90 Å². The van der Waals surface area contributed by atoms with E-state index in [1.54, 1.807) is 30.3 Å². The Balaban J connectivity index is 1.86. The third-order valence-corrected chi connectivity index (χ3v) is 3.11. The number of hydrogen-bond donors (Lipinski definition) is 2. The van der Waals surface area contributed by atoms with Gasteiger partial charge in [-0.2, -0.15) is 5.10 Å². The van der Waals surface area contributed by atoms with Crippen molar-refractivity contribution in [2.75, 3.05) is 13.2 Å². The standard InChI is InChI=1S/C18H20N2O4/c1-3-23-16-6-4-5-14(18(16)22)11-19-20-17(21)12-24-15-9-7-13(2)8-10-15/h4-11,22H,3,12H2,1-2H3,(H,20,21)/b19-11-. The van der Waals surface area contributed by atoms with Crippen molar-refractivity contribution < 1.29 is 19.4 Å². The van der Waals surface area contributed by atoms with E-state index in [2.05, 4.69) is 10.5 Å². The Bertz CT molecular complexity index is 711. The zero-order valence-electron chi connectivity index (χ0n) is 13.7. The average Bonchev–Trinajstić information content (AvgIpc) is 2.58. The SMILES string of the molecule is CCOc1cccc(/C=N\NC(=O)COc2ccc(C)cc2)c1O. The molecule has 0 saturated carbocycles. The largest absolute Gasteiger partial charge is 0.504 e. The summed E-state index contributed by atoms with van der Waals surface area (Å²) >= 11 is 0. The molecule has 2 rings (SSSR count). The van der Waals surface area contributed by atoms with E-state index < -0.39 is 5.91 Å². The van der Waals surface area contributed by atoms with Crippen LogP contribution in [-0.2, 0) is 4.79 Å². The maximum atomic E-state index is 11.7. The molecule has 126 valence electrons. The molecule has 0 spiro atoms. The topological polar surface area (TPSA) is 80.2 Å². The number of carbonyl (C=O) groups is 1. The number of amides is 1. The second kappa shape index (κ2) is 8.57. The molecule has 0 bridgehead atoms. The predicted octanol–water partition coefficient (Wildman–Crippen LogP) is 2.63. The van der Waals surface area contributed by atoms with Gasteiger partial charge in [0.1, 0.15) is 5.75 Å². The number of aryl methyl sites for hydroxylation is 1. The first-order valence-corrected chi connectivity index (χ1v) is 7.56. The van der Waals surface area contributed by atoms with Crippen LogP contribution in [-0.4, -0.2) is 30.4 Å². The summed E-state index contributed by atoms with van der Waals surface area (Å²) in [5, 5.41) is 13.8. The molecule has 0 aromatic heterocycles. The summed E-state index contributed by atoms with van der Waals surface area (Å²) in [6, 6.07) is 12.4. The molecule has 0 aliphatic heterocycles. The monoisotopic (exact) mass is 328 g/mol. The van der Waals surface area contributed by atoms with Crippen LogP contribution in [0.15, 0.2) is 47.6 Å². The summed E-state index contributed by atoms with van der Waals surface area (Å²) in [6.07, 6.45) is 1.35. The lowest BCUT2D eigenvalue weighted by molar-refractivity contribution is -0.123. The van der Waals surface area contributed by atoms with Gasteiger partial charge in [-0.05, 0) is 38.1 Å². The van der Waals surface area contributed by atoms with Crippen LogP contribution in [0.5, 0.6) is 17.2 Å². The average molecular weight is 328 g/mol. The van der Waals surface area contributed by atoms with Crippen LogP contribution in [0, 0.1) is 6.92 Å². The van der Waals surface area contributed by atoms with Crippen molar-refractivity contribution in [3.8, 4) is 17.2 Å². The van der Waals surface area contributed by atoms with E-state index in [0.29, 0.717) is 23.7 Å². The van der Waals surface area contributed by atoms with Crippen LogP contribution in [0.2, 0.25) is 0 Å². The van der Waals surface area contributed by atoms with Crippen molar-refractivity contribution in [2.45, 2.75) is 13.8 Å². The smallest absolute Gasteiger partial charge is 0.277 e. The minimum Gasteiger partial charge on any atom is -0.504 e.